The number of carbonyl (C=O) groups is 4. The third-order valence-corrected chi connectivity index (χ3v) is 6.07. The lowest BCUT2D eigenvalue weighted by Crippen LogP contribution is -2.40. The van der Waals surface area contributed by atoms with Crippen LogP contribution in [0.2, 0.25) is 0 Å². The molecular formula is C26H22N4O5. The summed E-state index contributed by atoms with van der Waals surface area (Å²) in [6.45, 7) is 1.59. The van der Waals surface area contributed by atoms with Crippen molar-refractivity contribution < 1.29 is 23.9 Å². The summed E-state index contributed by atoms with van der Waals surface area (Å²) in [5.74, 6) is -0.459. The van der Waals surface area contributed by atoms with Gasteiger partial charge in [0.1, 0.15) is 11.3 Å². The van der Waals surface area contributed by atoms with Crippen LogP contribution in [0.15, 0.2) is 72.8 Å². The molecule has 1 saturated heterocycles. The van der Waals surface area contributed by atoms with Gasteiger partial charge in [-0.1, -0.05) is 36.4 Å². The average Bonchev–Trinajstić information content (AvgIpc) is 3.40. The van der Waals surface area contributed by atoms with E-state index in [0.717, 1.165) is 5.56 Å². The molecule has 0 saturated carbocycles. The molecule has 0 aromatic heterocycles. The molecule has 0 spiro atoms. The van der Waals surface area contributed by atoms with Crippen molar-refractivity contribution in [1.29, 1.82) is 0 Å². The number of ether oxygens (including phenoxy) is 1. The molecule has 1 fully saturated rings. The zero-order valence-corrected chi connectivity index (χ0v) is 18.8. The zero-order valence-electron chi connectivity index (χ0n) is 18.8. The second kappa shape index (κ2) is 8.60. The number of hydrogen-bond donors (Lipinski definition) is 4. The molecule has 5 rings (SSSR count). The number of para-hydroxylation sites is 1. The summed E-state index contributed by atoms with van der Waals surface area (Å²) in [6.07, 6.45) is -0.155. The Morgan fingerprint density at radius 1 is 0.943 bits per heavy atom. The molecule has 9 nitrogen and oxygen atoms in total. The lowest BCUT2D eigenvalue weighted by molar-refractivity contribution is -0.123. The topological polar surface area (TPSA) is 126 Å². The smallest absolute Gasteiger partial charge is 0.322 e. The van der Waals surface area contributed by atoms with Gasteiger partial charge in [0.25, 0.3) is 17.7 Å². The molecule has 9 heteroatoms. The van der Waals surface area contributed by atoms with Gasteiger partial charge in [-0.3, -0.25) is 19.7 Å². The first-order valence-corrected chi connectivity index (χ1v) is 11.0. The van der Waals surface area contributed by atoms with Gasteiger partial charge in [-0.15, -0.1) is 0 Å². The van der Waals surface area contributed by atoms with Crippen LogP contribution in [0.25, 0.3) is 0 Å². The van der Waals surface area contributed by atoms with E-state index in [1.807, 2.05) is 24.3 Å². The highest BCUT2D eigenvalue weighted by molar-refractivity contribution is 6.08. The quantitative estimate of drug-likeness (QED) is 0.427. The van der Waals surface area contributed by atoms with Crippen LogP contribution in [0.1, 0.15) is 28.4 Å². The van der Waals surface area contributed by atoms with Crippen LogP contribution in [-0.4, -0.2) is 29.9 Å². The Balaban J connectivity index is 1.26. The van der Waals surface area contributed by atoms with Crippen molar-refractivity contribution in [3.63, 3.8) is 0 Å². The molecule has 4 N–H and O–H groups in total. The Hall–Kier alpha value is -4.66. The molecule has 2 atom stereocenters. The maximum absolute atomic E-state index is 12.9. The van der Waals surface area contributed by atoms with E-state index in [2.05, 4.69) is 21.3 Å². The molecule has 176 valence electrons. The number of fused-ring (bicyclic) bond motifs is 1. The first kappa shape index (κ1) is 22.1. The molecule has 35 heavy (non-hydrogen) atoms. The van der Waals surface area contributed by atoms with Crippen LogP contribution < -0.4 is 26.0 Å². The molecule has 2 heterocycles. The number of benzene rings is 3. The van der Waals surface area contributed by atoms with E-state index in [1.54, 1.807) is 55.5 Å². The summed E-state index contributed by atoms with van der Waals surface area (Å²) >= 11 is 0. The Labute approximate surface area is 200 Å². The fourth-order valence-electron chi connectivity index (χ4n) is 4.15. The third kappa shape index (κ3) is 4.31. The normalized spacial score (nSPS) is 20.3. The fourth-order valence-corrected chi connectivity index (χ4v) is 4.15. The zero-order chi connectivity index (χ0) is 24.6. The minimum Gasteiger partial charge on any atom is -0.480 e. The summed E-state index contributed by atoms with van der Waals surface area (Å²) in [7, 11) is 0. The molecular weight excluding hydrogens is 448 g/mol. The number of rotatable bonds is 5. The minimum absolute atomic E-state index is 0.295. The number of anilines is 2. The van der Waals surface area contributed by atoms with E-state index < -0.39 is 29.5 Å². The van der Waals surface area contributed by atoms with Crippen molar-refractivity contribution >= 4 is 35.1 Å². The second-order valence-corrected chi connectivity index (χ2v) is 8.56. The van der Waals surface area contributed by atoms with Crippen molar-refractivity contribution in [2.45, 2.75) is 25.0 Å². The van der Waals surface area contributed by atoms with Gasteiger partial charge in [0.05, 0.1) is 0 Å². The highest BCUT2D eigenvalue weighted by Gasteiger charge is 2.43. The van der Waals surface area contributed by atoms with E-state index in [4.69, 9.17) is 4.74 Å². The number of carbonyl (C=O) groups excluding carboxylic acids is 4. The maximum Gasteiger partial charge on any atom is 0.322 e. The van der Waals surface area contributed by atoms with Crippen LogP contribution in [-0.2, 0) is 21.5 Å². The van der Waals surface area contributed by atoms with Crippen molar-refractivity contribution in [3.8, 4) is 5.75 Å². The van der Waals surface area contributed by atoms with Crippen LogP contribution in [0.4, 0.5) is 16.2 Å². The van der Waals surface area contributed by atoms with Crippen LogP contribution >= 0.6 is 0 Å². The summed E-state index contributed by atoms with van der Waals surface area (Å²) in [4.78, 5) is 49.4. The maximum atomic E-state index is 12.9. The van der Waals surface area contributed by atoms with E-state index in [0.29, 0.717) is 34.7 Å². The Morgan fingerprint density at radius 3 is 2.43 bits per heavy atom. The van der Waals surface area contributed by atoms with Gasteiger partial charge in [-0.25, -0.2) is 4.79 Å². The van der Waals surface area contributed by atoms with E-state index >= 15 is 0 Å². The van der Waals surface area contributed by atoms with Gasteiger partial charge in [-0.2, -0.15) is 0 Å². The Morgan fingerprint density at radius 2 is 1.69 bits per heavy atom. The molecule has 3 aromatic rings. The number of urea groups is 1. The standard InChI is InChI=1S/C26H22N4O5/c1-26(24(33)29-25(34)30-26)17-8-5-10-19(14-17)27-22(31)16-7-4-9-18(12-16)28-23(32)21-13-15-6-2-3-11-20(15)35-21/h2-12,14,21H,13H2,1H3,(H,27,31)(H,28,32)(H2,29,30,33,34). The Kier molecular flexibility index (Phi) is 5.44. The predicted octanol–water partition coefficient (Wildman–Crippen LogP) is 2.94. The first-order valence-electron chi connectivity index (χ1n) is 11.0. The van der Waals surface area contributed by atoms with Crippen molar-refractivity contribution in [3.05, 3.63) is 89.5 Å². The van der Waals surface area contributed by atoms with Crippen LogP contribution in [0.5, 0.6) is 5.75 Å². The highest BCUT2D eigenvalue weighted by Crippen LogP contribution is 2.29. The molecule has 0 bridgehead atoms. The number of amides is 5. The van der Waals surface area contributed by atoms with Crippen molar-refractivity contribution in [2.24, 2.45) is 0 Å². The highest BCUT2D eigenvalue weighted by atomic mass is 16.5. The van der Waals surface area contributed by atoms with Crippen LogP contribution in [0.3, 0.4) is 0 Å². The van der Waals surface area contributed by atoms with E-state index in [9.17, 15) is 19.2 Å². The third-order valence-electron chi connectivity index (χ3n) is 6.07. The lowest BCUT2D eigenvalue weighted by Gasteiger charge is -2.21. The lowest BCUT2D eigenvalue weighted by atomic mass is 9.92. The van der Waals surface area contributed by atoms with E-state index in [1.165, 1.54) is 0 Å². The average molecular weight is 470 g/mol. The molecule has 2 aliphatic heterocycles. The summed E-state index contributed by atoms with van der Waals surface area (Å²) in [5, 5.41) is 10.4. The number of nitrogens with one attached hydrogen (secondary N) is 4. The molecule has 2 unspecified atom stereocenters. The molecule has 2 aliphatic rings. The van der Waals surface area contributed by atoms with Crippen LogP contribution in [0, 0.1) is 0 Å². The number of hydrogen-bond acceptors (Lipinski definition) is 5. The Bertz CT molecular complexity index is 1350. The minimum atomic E-state index is -1.23. The summed E-state index contributed by atoms with van der Waals surface area (Å²) < 4.78 is 5.73. The molecule has 3 aromatic carbocycles. The first-order chi connectivity index (χ1) is 16.8. The fraction of sp³-hybridized carbons (Fsp3) is 0.154. The number of imide groups is 1. The van der Waals surface area contributed by atoms with Gasteiger partial charge < -0.3 is 20.7 Å². The molecule has 5 amide bonds. The van der Waals surface area contributed by atoms with Gasteiger partial charge in [0.2, 0.25) is 0 Å². The summed E-state index contributed by atoms with van der Waals surface area (Å²) in [5.41, 5.74) is 1.53. The molecule has 0 radical (unpaired) electrons. The SMILES string of the molecule is CC1(c2cccc(NC(=O)c3cccc(NC(=O)C4Cc5ccccc5O4)c3)c2)NC(=O)NC1=O. The summed E-state index contributed by atoms with van der Waals surface area (Å²) in [6, 6.07) is 20.2. The van der Waals surface area contributed by atoms with Crippen molar-refractivity contribution in [1.82, 2.24) is 10.6 Å². The van der Waals surface area contributed by atoms with Crippen molar-refractivity contribution in [2.75, 3.05) is 10.6 Å². The van der Waals surface area contributed by atoms with Gasteiger partial charge in [0.15, 0.2) is 6.10 Å². The largest absolute Gasteiger partial charge is 0.480 e. The predicted molar refractivity (Wildman–Crippen MR) is 128 cm³/mol. The second-order valence-electron chi connectivity index (χ2n) is 8.56. The monoisotopic (exact) mass is 470 g/mol. The van der Waals surface area contributed by atoms with Gasteiger partial charge in [0, 0.05) is 23.4 Å². The van der Waals surface area contributed by atoms with Gasteiger partial charge >= 0.3 is 6.03 Å². The molecule has 0 aliphatic carbocycles. The van der Waals surface area contributed by atoms with E-state index in [-0.39, 0.29) is 5.91 Å². The van der Waals surface area contributed by atoms with Gasteiger partial charge in [-0.05, 0) is 54.4 Å².